The summed E-state index contributed by atoms with van der Waals surface area (Å²) in [4.78, 5) is 2.53. The summed E-state index contributed by atoms with van der Waals surface area (Å²) in [6, 6.07) is 0.329. The molecule has 2 rings (SSSR count). The van der Waals surface area contributed by atoms with Crippen molar-refractivity contribution in [3.05, 3.63) is 0 Å². The SMILES string of the molecule is NC1CC(CCO)CN(CC2CCC2)C1. The molecule has 0 amide bonds. The number of aliphatic hydroxyl groups excluding tert-OH is 1. The van der Waals surface area contributed by atoms with Gasteiger partial charge in [-0.2, -0.15) is 0 Å². The lowest BCUT2D eigenvalue weighted by molar-refractivity contribution is 0.0997. The van der Waals surface area contributed by atoms with E-state index in [2.05, 4.69) is 4.90 Å². The average molecular weight is 212 g/mol. The lowest BCUT2D eigenvalue weighted by Gasteiger charge is -2.39. The van der Waals surface area contributed by atoms with Crippen molar-refractivity contribution in [3.8, 4) is 0 Å². The van der Waals surface area contributed by atoms with Crippen molar-refractivity contribution < 1.29 is 5.11 Å². The molecule has 1 saturated carbocycles. The topological polar surface area (TPSA) is 49.5 Å². The summed E-state index contributed by atoms with van der Waals surface area (Å²) in [6.07, 6.45) is 6.27. The van der Waals surface area contributed by atoms with E-state index >= 15 is 0 Å². The van der Waals surface area contributed by atoms with E-state index in [9.17, 15) is 0 Å². The lowest BCUT2D eigenvalue weighted by atomic mass is 9.83. The monoisotopic (exact) mass is 212 g/mol. The first-order valence-corrected chi connectivity index (χ1v) is 6.36. The maximum absolute atomic E-state index is 8.97. The average Bonchev–Trinajstić information content (AvgIpc) is 2.11. The van der Waals surface area contributed by atoms with E-state index in [1.54, 1.807) is 0 Å². The molecule has 2 atom stereocenters. The van der Waals surface area contributed by atoms with Gasteiger partial charge in [-0.15, -0.1) is 0 Å². The Kier molecular flexibility index (Phi) is 4.00. The van der Waals surface area contributed by atoms with E-state index in [-0.39, 0.29) is 0 Å². The third-order valence-electron chi connectivity index (χ3n) is 3.92. The quantitative estimate of drug-likeness (QED) is 0.725. The second-order valence-electron chi connectivity index (χ2n) is 5.39. The van der Waals surface area contributed by atoms with Crippen LogP contribution in [0.15, 0.2) is 0 Å². The zero-order chi connectivity index (χ0) is 10.7. The Morgan fingerprint density at radius 3 is 2.60 bits per heavy atom. The van der Waals surface area contributed by atoms with Crippen LogP contribution in [0.25, 0.3) is 0 Å². The highest BCUT2D eigenvalue weighted by Crippen LogP contribution is 2.29. The van der Waals surface area contributed by atoms with E-state index in [1.165, 1.54) is 25.8 Å². The van der Waals surface area contributed by atoms with Crippen molar-refractivity contribution in [1.82, 2.24) is 4.90 Å². The molecular formula is C12H24N2O. The molecule has 1 aliphatic heterocycles. The molecule has 1 aliphatic carbocycles. The Labute approximate surface area is 92.6 Å². The Bertz CT molecular complexity index is 194. The minimum atomic E-state index is 0.314. The van der Waals surface area contributed by atoms with Crippen LogP contribution in [0.5, 0.6) is 0 Å². The fourth-order valence-electron chi connectivity index (χ4n) is 2.93. The Balaban J connectivity index is 1.77. The van der Waals surface area contributed by atoms with Crippen molar-refractivity contribution in [2.75, 3.05) is 26.2 Å². The smallest absolute Gasteiger partial charge is 0.0434 e. The fourth-order valence-corrected chi connectivity index (χ4v) is 2.93. The normalized spacial score (nSPS) is 34.0. The van der Waals surface area contributed by atoms with Gasteiger partial charge in [0, 0.05) is 32.3 Å². The van der Waals surface area contributed by atoms with Crippen molar-refractivity contribution in [3.63, 3.8) is 0 Å². The van der Waals surface area contributed by atoms with Crippen LogP contribution in [-0.4, -0.2) is 42.3 Å². The van der Waals surface area contributed by atoms with E-state index in [1.807, 2.05) is 0 Å². The molecule has 15 heavy (non-hydrogen) atoms. The predicted molar refractivity (Wildman–Crippen MR) is 61.6 cm³/mol. The molecule has 0 aromatic carbocycles. The second kappa shape index (κ2) is 5.28. The summed E-state index contributed by atoms with van der Waals surface area (Å²) >= 11 is 0. The number of nitrogens with two attached hydrogens (primary N) is 1. The van der Waals surface area contributed by atoms with Crippen LogP contribution in [0.4, 0.5) is 0 Å². The maximum atomic E-state index is 8.97. The predicted octanol–water partition coefficient (Wildman–Crippen LogP) is 0.818. The first kappa shape index (κ1) is 11.4. The number of aliphatic hydroxyl groups is 1. The van der Waals surface area contributed by atoms with Gasteiger partial charge in [0.25, 0.3) is 0 Å². The van der Waals surface area contributed by atoms with Crippen molar-refractivity contribution in [2.45, 2.75) is 38.1 Å². The van der Waals surface area contributed by atoms with Gasteiger partial charge in [0.1, 0.15) is 0 Å². The molecule has 0 radical (unpaired) electrons. The van der Waals surface area contributed by atoms with Gasteiger partial charge in [0.05, 0.1) is 0 Å². The summed E-state index contributed by atoms with van der Waals surface area (Å²) in [6.45, 7) is 3.79. The molecule has 0 bridgehead atoms. The maximum Gasteiger partial charge on any atom is 0.0434 e. The van der Waals surface area contributed by atoms with Crippen molar-refractivity contribution >= 4 is 0 Å². The fraction of sp³-hybridized carbons (Fsp3) is 1.00. The van der Waals surface area contributed by atoms with Gasteiger partial charge in [-0.1, -0.05) is 6.42 Å². The van der Waals surface area contributed by atoms with Gasteiger partial charge < -0.3 is 15.7 Å². The van der Waals surface area contributed by atoms with Gasteiger partial charge in [-0.25, -0.2) is 0 Å². The second-order valence-corrected chi connectivity index (χ2v) is 5.39. The molecule has 3 nitrogen and oxygen atoms in total. The highest BCUT2D eigenvalue weighted by Gasteiger charge is 2.28. The molecule has 88 valence electrons. The number of rotatable bonds is 4. The van der Waals surface area contributed by atoms with E-state index in [4.69, 9.17) is 10.8 Å². The third kappa shape index (κ3) is 3.16. The number of piperidine rings is 1. The van der Waals surface area contributed by atoms with E-state index in [0.29, 0.717) is 18.6 Å². The molecule has 3 heteroatoms. The third-order valence-corrected chi connectivity index (χ3v) is 3.92. The number of likely N-dealkylation sites (tertiary alicyclic amines) is 1. The molecule has 0 aromatic rings. The van der Waals surface area contributed by atoms with Crippen LogP contribution in [0.3, 0.4) is 0 Å². The first-order valence-electron chi connectivity index (χ1n) is 6.36. The molecule has 3 N–H and O–H groups in total. The standard InChI is InChI=1S/C12H24N2O/c13-12-6-11(4-5-15)8-14(9-12)7-10-2-1-3-10/h10-12,15H,1-9,13H2. The molecular weight excluding hydrogens is 188 g/mol. The molecule has 0 aromatic heterocycles. The highest BCUT2D eigenvalue weighted by molar-refractivity contribution is 4.84. The largest absolute Gasteiger partial charge is 0.396 e. The Hall–Kier alpha value is -0.120. The van der Waals surface area contributed by atoms with Crippen molar-refractivity contribution in [1.29, 1.82) is 0 Å². The summed E-state index contributed by atoms with van der Waals surface area (Å²) in [5.74, 6) is 1.56. The number of nitrogens with zero attached hydrogens (tertiary/aromatic N) is 1. The summed E-state index contributed by atoms with van der Waals surface area (Å²) < 4.78 is 0. The molecule has 2 aliphatic rings. The van der Waals surface area contributed by atoms with Gasteiger partial charge in [0.2, 0.25) is 0 Å². The zero-order valence-corrected chi connectivity index (χ0v) is 9.57. The van der Waals surface area contributed by atoms with Crippen LogP contribution in [0.1, 0.15) is 32.1 Å². The number of hydrogen-bond donors (Lipinski definition) is 2. The van der Waals surface area contributed by atoms with Crippen LogP contribution < -0.4 is 5.73 Å². The van der Waals surface area contributed by atoms with Crippen LogP contribution in [0.2, 0.25) is 0 Å². The molecule has 1 heterocycles. The summed E-state index contributed by atoms with van der Waals surface area (Å²) in [5.41, 5.74) is 6.06. The zero-order valence-electron chi connectivity index (χ0n) is 9.57. The van der Waals surface area contributed by atoms with Crippen LogP contribution >= 0.6 is 0 Å². The Morgan fingerprint density at radius 2 is 2.00 bits per heavy atom. The summed E-state index contributed by atoms with van der Waals surface area (Å²) in [7, 11) is 0. The summed E-state index contributed by atoms with van der Waals surface area (Å²) in [5, 5.41) is 8.97. The number of hydrogen-bond acceptors (Lipinski definition) is 3. The molecule has 1 saturated heterocycles. The minimum Gasteiger partial charge on any atom is -0.396 e. The van der Waals surface area contributed by atoms with Gasteiger partial charge >= 0.3 is 0 Å². The van der Waals surface area contributed by atoms with E-state index in [0.717, 1.165) is 31.8 Å². The Morgan fingerprint density at radius 1 is 1.20 bits per heavy atom. The van der Waals surface area contributed by atoms with Crippen LogP contribution in [0, 0.1) is 11.8 Å². The van der Waals surface area contributed by atoms with Crippen molar-refractivity contribution in [2.24, 2.45) is 17.6 Å². The van der Waals surface area contributed by atoms with Crippen LogP contribution in [-0.2, 0) is 0 Å². The lowest BCUT2D eigenvalue weighted by Crippen LogP contribution is -2.49. The van der Waals surface area contributed by atoms with Gasteiger partial charge in [-0.05, 0) is 37.5 Å². The molecule has 2 unspecified atom stereocenters. The highest BCUT2D eigenvalue weighted by atomic mass is 16.3. The van der Waals surface area contributed by atoms with E-state index < -0.39 is 0 Å². The van der Waals surface area contributed by atoms with Gasteiger partial charge in [0.15, 0.2) is 0 Å². The minimum absolute atomic E-state index is 0.314. The molecule has 0 spiro atoms. The van der Waals surface area contributed by atoms with Gasteiger partial charge in [-0.3, -0.25) is 0 Å². The first-order chi connectivity index (χ1) is 7.28. The molecule has 2 fully saturated rings.